The van der Waals surface area contributed by atoms with Crippen LogP contribution in [0, 0.1) is 17.6 Å². The van der Waals surface area contributed by atoms with Gasteiger partial charge in [0.05, 0.1) is 5.92 Å². The van der Waals surface area contributed by atoms with Crippen LogP contribution in [0.2, 0.25) is 0 Å². The van der Waals surface area contributed by atoms with Crippen LogP contribution in [0.15, 0.2) is 48.5 Å². The fraction of sp³-hybridized carbons (Fsp3) is 0.333. The molecule has 0 spiro atoms. The maximum atomic E-state index is 13.3. The van der Waals surface area contributed by atoms with Crippen molar-refractivity contribution in [2.45, 2.75) is 24.8 Å². The third kappa shape index (κ3) is 3.84. The second-order valence-electron chi connectivity index (χ2n) is 7.26. The Balaban J connectivity index is 1.57. The molecule has 2 amide bonds. The topological polar surface area (TPSA) is 49.4 Å². The number of carbonyl (C=O) groups is 2. The van der Waals surface area contributed by atoms with Crippen molar-refractivity contribution in [3.05, 3.63) is 71.3 Å². The van der Waals surface area contributed by atoms with Crippen molar-refractivity contribution in [2.75, 3.05) is 13.1 Å². The number of amides is 2. The fourth-order valence-corrected chi connectivity index (χ4v) is 3.59. The van der Waals surface area contributed by atoms with Crippen LogP contribution < -0.4 is 5.32 Å². The molecule has 2 aromatic carbocycles. The number of hydrogen-bond donors (Lipinski definition) is 1. The molecular weight excluding hydrogens is 350 g/mol. The summed E-state index contributed by atoms with van der Waals surface area (Å²) in [6.07, 6.45) is 1.97. The standard InChI is InChI=1S/C21H20F2N2O2/c22-15-5-1-13(2-6-15)18-11-25(12-19(18)20(26)24-17-9-10-17)21(27)14-3-7-16(23)8-4-14/h1-8,17-19H,9-12H2,(H,24,26). The highest BCUT2D eigenvalue weighted by atomic mass is 19.1. The summed E-state index contributed by atoms with van der Waals surface area (Å²) in [5.74, 6) is -1.63. The Morgan fingerprint density at radius 1 is 0.889 bits per heavy atom. The highest BCUT2D eigenvalue weighted by Gasteiger charge is 2.41. The summed E-state index contributed by atoms with van der Waals surface area (Å²) in [6, 6.07) is 11.7. The number of nitrogens with one attached hydrogen (secondary N) is 1. The molecule has 1 aliphatic heterocycles. The van der Waals surface area contributed by atoms with Gasteiger partial charge in [-0.1, -0.05) is 12.1 Å². The van der Waals surface area contributed by atoms with Gasteiger partial charge in [0.25, 0.3) is 5.91 Å². The molecule has 140 valence electrons. The third-order valence-corrected chi connectivity index (χ3v) is 5.26. The van der Waals surface area contributed by atoms with Crippen molar-refractivity contribution in [1.82, 2.24) is 10.2 Å². The van der Waals surface area contributed by atoms with Gasteiger partial charge in [0, 0.05) is 30.6 Å². The zero-order chi connectivity index (χ0) is 19.0. The largest absolute Gasteiger partial charge is 0.353 e. The summed E-state index contributed by atoms with van der Waals surface area (Å²) in [4.78, 5) is 27.2. The van der Waals surface area contributed by atoms with Gasteiger partial charge in [-0.2, -0.15) is 0 Å². The van der Waals surface area contributed by atoms with Crippen LogP contribution in [0.5, 0.6) is 0 Å². The van der Waals surface area contributed by atoms with E-state index in [9.17, 15) is 18.4 Å². The van der Waals surface area contributed by atoms with Gasteiger partial charge in [-0.15, -0.1) is 0 Å². The summed E-state index contributed by atoms with van der Waals surface area (Å²) in [6.45, 7) is 0.654. The smallest absolute Gasteiger partial charge is 0.253 e. The molecule has 4 nitrogen and oxygen atoms in total. The normalized spacial score (nSPS) is 21.9. The molecule has 0 bridgehead atoms. The highest BCUT2D eigenvalue weighted by Crippen LogP contribution is 2.34. The van der Waals surface area contributed by atoms with Gasteiger partial charge >= 0.3 is 0 Å². The zero-order valence-electron chi connectivity index (χ0n) is 14.7. The first-order chi connectivity index (χ1) is 13.0. The molecule has 27 heavy (non-hydrogen) atoms. The number of benzene rings is 2. The van der Waals surface area contributed by atoms with Crippen LogP contribution in [-0.2, 0) is 4.79 Å². The Bertz CT molecular complexity index is 847. The van der Waals surface area contributed by atoms with Gasteiger partial charge in [-0.05, 0) is 54.8 Å². The van der Waals surface area contributed by atoms with Crippen molar-refractivity contribution in [3.63, 3.8) is 0 Å². The molecule has 2 unspecified atom stereocenters. The van der Waals surface area contributed by atoms with Gasteiger partial charge in [0.2, 0.25) is 5.91 Å². The van der Waals surface area contributed by atoms with Gasteiger partial charge in [0.1, 0.15) is 11.6 Å². The van der Waals surface area contributed by atoms with E-state index in [-0.39, 0.29) is 42.1 Å². The van der Waals surface area contributed by atoms with Crippen LogP contribution in [0.3, 0.4) is 0 Å². The molecule has 1 saturated heterocycles. The minimum absolute atomic E-state index is 0.0683. The second-order valence-corrected chi connectivity index (χ2v) is 7.26. The molecule has 1 heterocycles. The number of halogens is 2. The van der Waals surface area contributed by atoms with Gasteiger partial charge in [-0.3, -0.25) is 9.59 Å². The first-order valence-electron chi connectivity index (χ1n) is 9.12. The van der Waals surface area contributed by atoms with E-state index < -0.39 is 5.82 Å². The molecule has 1 aliphatic carbocycles. The van der Waals surface area contributed by atoms with Crippen molar-refractivity contribution < 1.29 is 18.4 Å². The van der Waals surface area contributed by atoms with Crippen LogP contribution in [-0.4, -0.2) is 35.8 Å². The van der Waals surface area contributed by atoms with Gasteiger partial charge in [-0.25, -0.2) is 8.78 Å². The molecule has 0 aromatic heterocycles. The first kappa shape index (κ1) is 17.6. The predicted octanol–water partition coefficient (Wildman–Crippen LogP) is 3.10. The lowest BCUT2D eigenvalue weighted by molar-refractivity contribution is -0.125. The predicted molar refractivity (Wildman–Crippen MR) is 96.1 cm³/mol. The van der Waals surface area contributed by atoms with E-state index >= 15 is 0 Å². The summed E-state index contributed by atoms with van der Waals surface area (Å²) in [5.41, 5.74) is 1.22. The second kappa shape index (κ2) is 7.10. The van der Waals surface area contributed by atoms with E-state index in [0.717, 1.165) is 18.4 Å². The zero-order valence-corrected chi connectivity index (χ0v) is 14.7. The lowest BCUT2D eigenvalue weighted by Crippen LogP contribution is -2.36. The van der Waals surface area contributed by atoms with Crippen LogP contribution in [0.1, 0.15) is 34.7 Å². The van der Waals surface area contributed by atoms with Crippen molar-refractivity contribution in [2.24, 2.45) is 5.92 Å². The van der Waals surface area contributed by atoms with E-state index in [1.807, 2.05) is 0 Å². The molecule has 4 rings (SSSR count). The van der Waals surface area contributed by atoms with E-state index in [1.165, 1.54) is 36.4 Å². The SMILES string of the molecule is O=C(NC1CC1)C1CN(C(=O)c2ccc(F)cc2)CC1c1ccc(F)cc1. The minimum Gasteiger partial charge on any atom is -0.353 e. The molecule has 2 aromatic rings. The Morgan fingerprint density at radius 2 is 1.48 bits per heavy atom. The molecule has 6 heteroatoms. The van der Waals surface area contributed by atoms with Crippen molar-refractivity contribution in [3.8, 4) is 0 Å². The summed E-state index contributed by atoms with van der Waals surface area (Å²) >= 11 is 0. The summed E-state index contributed by atoms with van der Waals surface area (Å²) in [7, 11) is 0. The molecule has 1 saturated carbocycles. The monoisotopic (exact) mass is 370 g/mol. The van der Waals surface area contributed by atoms with E-state index in [1.54, 1.807) is 17.0 Å². The van der Waals surface area contributed by atoms with E-state index in [0.29, 0.717) is 12.1 Å². The van der Waals surface area contributed by atoms with Crippen LogP contribution in [0.25, 0.3) is 0 Å². The summed E-state index contributed by atoms with van der Waals surface area (Å²) < 4.78 is 26.4. The average molecular weight is 370 g/mol. The molecule has 2 atom stereocenters. The van der Waals surface area contributed by atoms with E-state index in [2.05, 4.69) is 5.32 Å². The average Bonchev–Trinajstić information content (AvgIpc) is 3.36. The van der Waals surface area contributed by atoms with Gasteiger partial charge < -0.3 is 10.2 Å². The minimum atomic E-state index is -0.404. The molecular formula is C21H20F2N2O2. The van der Waals surface area contributed by atoms with Crippen molar-refractivity contribution in [1.29, 1.82) is 0 Å². The maximum Gasteiger partial charge on any atom is 0.253 e. The number of likely N-dealkylation sites (tertiary alicyclic amines) is 1. The van der Waals surface area contributed by atoms with Crippen molar-refractivity contribution >= 4 is 11.8 Å². The van der Waals surface area contributed by atoms with Crippen LogP contribution >= 0.6 is 0 Å². The molecule has 0 radical (unpaired) electrons. The third-order valence-electron chi connectivity index (χ3n) is 5.26. The molecule has 2 aliphatic rings. The summed E-state index contributed by atoms with van der Waals surface area (Å²) in [5, 5.41) is 3.01. The number of hydrogen-bond acceptors (Lipinski definition) is 2. The molecule has 2 fully saturated rings. The first-order valence-corrected chi connectivity index (χ1v) is 9.12. The highest BCUT2D eigenvalue weighted by molar-refractivity contribution is 5.95. The Hall–Kier alpha value is -2.76. The maximum absolute atomic E-state index is 13.3. The Morgan fingerprint density at radius 3 is 2.07 bits per heavy atom. The Labute approximate surface area is 156 Å². The van der Waals surface area contributed by atoms with Crippen LogP contribution in [0.4, 0.5) is 8.78 Å². The lowest BCUT2D eigenvalue weighted by Gasteiger charge is -2.18. The van der Waals surface area contributed by atoms with Gasteiger partial charge in [0.15, 0.2) is 0 Å². The molecule has 1 N–H and O–H groups in total. The number of nitrogens with zero attached hydrogens (tertiary/aromatic N) is 1. The number of rotatable bonds is 4. The quantitative estimate of drug-likeness (QED) is 0.899. The fourth-order valence-electron chi connectivity index (χ4n) is 3.59. The Kier molecular flexibility index (Phi) is 4.64. The number of carbonyl (C=O) groups excluding carboxylic acids is 2. The van der Waals surface area contributed by atoms with E-state index in [4.69, 9.17) is 0 Å². The lowest BCUT2D eigenvalue weighted by atomic mass is 9.88.